The van der Waals surface area contributed by atoms with Gasteiger partial charge in [-0.3, -0.25) is 4.79 Å². The smallest absolute Gasteiger partial charge is 0.271 e. The fraction of sp³-hybridized carbons (Fsp3) is 0.214. The molecule has 0 bridgehead atoms. The maximum Gasteiger partial charge on any atom is 0.271 e. The van der Waals surface area contributed by atoms with E-state index in [1.165, 1.54) is 18.0 Å². The zero-order valence-electron chi connectivity index (χ0n) is 10.9. The second-order valence-electron chi connectivity index (χ2n) is 4.43. The number of anilines is 1. The van der Waals surface area contributed by atoms with E-state index in [0.717, 1.165) is 5.56 Å². The average molecular weight is 256 g/mol. The third-order valence-electron chi connectivity index (χ3n) is 2.83. The lowest BCUT2D eigenvalue weighted by molar-refractivity contribution is 0.0934. The summed E-state index contributed by atoms with van der Waals surface area (Å²) in [6, 6.07) is 7.93. The van der Waals surface area contributed by atoms with Gasteiger partial charge < -0.3 is 11.1 Å². The first-order chi connectivity index (χ1) is 9.06. The topological polar surface area (TPSA) is 80.9 Å². The minimum absolute atomic E-state index is 0.0903. The van der Waals surface area contributed by atoms with Gasteiger partial charge in [0.1, 0.15) is 11.5 Å². The highest BCUT2D eigenvalue weighted by Gasteiger charge is 2.12. The summed E-state index contributed by atoms with van der Waals surface area (Å²) in [5.41, 5.74) is 7.92. The van der Waals surface area contributed by atoms with Crippen molar-refractivity contribution in [2.75, 3.05) is 5.73 Å². The second-order valence-corrected chi connectivity index (χ2v) is 4.43. The standard InChI is InChI=1S/C14H16N4O/c1-9-3-5-11(6-4-9)10(2)18-14(19)12-7-17-13(15)8-16-12/h3-8,10H,1-2H3,(H2,15,17)(H,18,19). The number of carbonyl (C=O) groups excluding carboxylic acids is 1. The molecule has 2 aromatic rings. The summed E-state index contributed by atoms with van der Waals surface area (Å²) in [5, 5.41) is 2.87. The minimum atomic E-state index is -0.263. The third kappa shape index (κ3) is 3.28. The lowest BCUT2D eigenvalue weighted by atomic mass is 10.1. The Kier molecular flexibility index (Phi) is 3.75. The number of rotatable bonds is 3. The Morgan fingerprint density at radius 2 is 1.89 bits per heavy atom. The molecule has 1 unspecified atom stereocenters. The molecule has 5 nitrogen and oxygen atoms in total. The minimum Gasteiger partial charge on any atom is -0.382 e. The number of aromatic nitrogens is 2. The molecule has 0 saturated carbocycles. The van der Waals surface area contributed by atoms with E-state index in [9.17, 15) is 4.79 Å². The van der Waals surface area contributed by atoms with Crippen molar-refractivity contribution in [1.82, 2.24) is 15.3 Å². The van der Waals surface area contributed by atoms with Crippen molar-refractivity contribution in [1.29, 1.82) is 0 Å². The van der Waals surface area contributed by atoms with Crippen LogP contribution in [-0.4, -0.2) is 15.9 Å². The zero-order valence-corrected chi connectivity index (χ0v) is 10.9. The number of nitrogen functional groups attached to an aromatic ring is 1. The normalized spacial score (nSPS) is 11.9. The van der Waals surface area contributed by atoms with E-state index in [4.69, 9.17) is 5.73 Å². The molecule has 3 N–H and O–H groups in total. The van der Waals surface area contributed by atoms with Gasteiger partial charge in [-0.05, 0) is 19.4 Å². The quantitative estimate of drug-likeness (QED) is 0.878. The monoisotopic (exact) mass is 256 g/mol. The Morgan fingerprint density at radius 3 is 2.47 bits per heavy atom. The van der Waals surface area contributed by atoms with Gasteiger partial charge in [0.25, 0.3) is 5.91 Å². The highest BCUT2D eigenvalue weighted by Crippen LogP contribution is 2.13. The number of aryl methyl sites for hydroxylation is 1. The van der Waals surface area contributed by atoms with Crippen LogP contribution in [0.25, 0.3) is 0 Å². The Labute approximate surface area is 111 Å². The van der Waals surface area contributed by atoms with E-state index < -0.39 is 0 Å². The van der Waals surface area contributed by atoms with Crippen molar-refractivity contribution in [3.05, 3.63) is 53.5 Å². The highest BCUT2D eigenvalue weighted by molar-refractivity contribution is 5.92. The first-order valence-electron chi connectivity index (χ1n) is 6.01. The maximum atomic E-state index is 12.0. The summed E-state index contributed by atoms with van der Waals surface area (Å²) in [6.45, 7) is 3.95. The largest absolute Gasteiger partial charge is 0.382 e. The molecule has 2 rings (SSSR count). The van der Waals surface area contributed by atoms with Crippen LogP contribution in [0.2, 0.25) is 0 Å². The summed E-state index contributed by atoms with van der Waals surface area (Å²) >= 11 is 0. The van der Waals surface area contributed by atoms with Gasteiger partial charge in [0.05, 0.1) is 18.4 Å². The number of hydrogen-bond donors (Lipinski definition) is 2. The Balaban J connectivity index is 2.06. The lowest BCUT2D eigenvalue weighted by Gasteiger charge is -2.14. The van der Waals surface area contributed by atoms with Gasteiger partial charge in [-0.15, -0.1) is 0 Å². The van der Waals surface area contributed by atoms with Crippen molar-refractivity contribution >= 4 is 11.7 Å². The fourth-order valence-corrected chi connectivity index (χ4v) is 1.66. The van der Waals surface area contributed by atoms with E-state index in [-0.39, 0.29) is 17.6 Å². The molecule has 0 radical (unpaired) electrons. The summed E-state index contributed by atoms with van der Waals surface area (Å²) in [6.07, 6.45) is 2.73. The molecule has 98 valence electrons. The molecule has 0 fully saturated rings. The molecule has 0 spiro atoms. The van der Waals surface area contributed by atoms with Gasteiger partial charge in [-0.25, -0.2) is 9.97 Å². The lowest BCUT2D eigenvalue weighted by Crippen LogP contribution is -2.27. The molecular weight excluding hydrogens is 240 g/mol. The number of hydrogen-bond acceptors (Lipinski definition) is 4. The SMILES string of the molecule is Cc1ccc(C(C)NC(=O)c2cnc(N)cn2)cc1. The third-order valence-corrected chi connectivity index (χ3v) is 2.83. The number of amides is 1. The van der Waals surface area contributed by atoms with Gasteiger partial charge in [0.2, 0.25) is 0 Å². The van der Waals surface area contributed by atoms with Crippen molar-refractivity contribution in [3.8, 4) is 0 Å². The first-order valence-corrected chi connectivity index (χ1v) is 6.01. The Morgan fingerprint density at radius 1 is 1.21 bits per heavy atom. The predicted molar refractivity (Wildman–Crippen MR) is 73.5 cm³/mol. The van der Waals surface area contributed by atoms with Crippen molar-refractivity contribution in [2.45, 2.75) is 19.9 Å². The van der Waals surface area contributed by atoms with Crippen LogP contribution in [0.1, 0.15) is 34.6 Å². The summed E-state index contributed by atoms with van der Waals surface area (Å²) in [7, 11) is 0. The number of benzene rings is 1. The van der Waals surface area contributed by atoms with Crippen molar-refractivity contribution in [3.63, 3.8) is 0 Å². The molecular formula is C14H16N4O. The summed E-state index contributed by atoms with van der Waals surface area (Å²) in [4.78, 5) is 19.7. The van der Waals surface area contributed by atoms with Gasteiger partial charge in [-0.1, -0.05) is 29.8 Å². The average Bonchev–Trinajstić information content (AvgIpc) is 2.40. The molecule has 0 saturated heterocycles. The predicted octanol–water partition coefficient (Wildman–Crippen LogP) is 1.86. The fourth-order valence-electron chi connectivity index (χ4n) is 1.66. The van der Waals surface area contributed by atoms with Gasteiger partial charge in [0.15, 0.2) is 0 Å². The molecule has 1 aromatic carbocycles. The molecule has 0 aliphatic carbocycles. The Bertz CT molecular complexity index is 563. The van der Waals surface area contributed by atoms with Crippen LogP contribution in [-0.2, 0) is 0 Å². The van der Waals surface area contributed by atoms with Gasteiger partial charge in [-0.2, -0.15) is 0 Å². The maximum absolute atomic E-state index is 12.0. The van der Waals surface area contributed by atoms with Crippen LogP contribution in [0.5, 0.6) is 0 Å². The first kappa shape index (κ1) is 13.0. The Hall–Kier alpha value is -2.43. The van der Waals surface area contributed by atoms with Crippen LogP contribution < -0.4 is 11.1 Å². The number of nitrogens with zero attached hydrogens (tertiary/aromatic N) is 2. The summed E-state index contributed by atoms with van der Waals surface area (Å²) < 4.78 is 0. The summed E-state index contributed by atoms with van der Waals surface area (Å²) in [5.74, 6) is 0.0312. The second kappa shape index (κ2) is 5.48. The number of carbonyl (C=O) groups is 1. The molecule has 0 aliphatic rings. The van der Waals surface area contributed by atoms with Crippen LogP contribution in [0.4, 0.5) is 5.82 Å². The van der Waals surface area contributed by atoms with E-state index in [1.54, 1.807) is 0 Å². The molecule has 1 amide bonds. The molecule has 1 aromatic heterocycles. The molecule has 19 heavy (non-hydrogen) atoms. The molecule has 1 atom stereocenters. The van der Waals surface area contributed by atoms with Crippen LogP contribution >= 0.6 is 0 Å². The van der Waals surface area contributed by atoms with Crippen LogP contribution in [0.15, 0.2) is 36.7 Å². The van der Waals surface area contributed by atoms with Gasteiger partial charge in [0, 0.05) is 0 Å². The van der Waals surface area contributed by atoms with Crippen molar-refractivity contribution in [2.24, 2.45) is 0 Å². The number of nitrogens with two attached hydrogens (primary N) is 1. The highest BCUT2D eigenvalue weighted by atomic mass is 16.1. The van der Waals surface area contributed by atoms with Crippen molar-refractivity contribution < 1.29 is 4.79 Å². The van der Waals surface area contributed by atoms with Gasteiger partial charge >= 0.3 is 0 Å². The van der Waals surface area contributed by atoms with Crippen LogP contribution in [0.3, 0.4) is 0 Å². The van der Waals surface area contributed by atoms with E-state index in [2.05, 4.69) is 15.3 Å². The van der Waals surface area contributed by atoms with Crippen LogP contribution in [0, 0.1) is 6.92 Å². The van der Waals surface area contributed by atoms with E-state index in [1.807, 2.05) is 38.1 Å². The number of nitrogens with one attached hydrogen (secondary N) is 1. The molecule has 0 aliphatic heterocycles. The molecule has 1 heterocycles. The van der Waals surface area contributed by atoms with E-state index in [0.29, 0.717) is 5.82 Å². The zero-order chi connectivity index (χ0) is 13.8. The molecule has 5 heteroatoms. The van der Waals surface area contributed by atoms with E-state index >= 15 is 0 Å².